The Morgan fingerprint density at radius 1 is 1.62 bits per heavy atom. The molecule has 0 aliphatic heterocycles. The van der Waals surface area contributed by atoms with Crippen molar-refractivity contribution in [1.82, 2.24) is 4.98 Å². The van der Waals surface area contributed by atoms with E-state index in [1.54, 1.807) is 12.3 Å². The van der Waals surface area contributed by atoms with Gasteiger partial charge in [0.1, 0.15) is 0 Å². The quantitative estimate of drug-likeness (QED) is 0.852. The summed E-state index contributed by atoms with van der Waals surface area (Å²) in [6, 6.07) is 3.82. The van der Waals surface area contributed by atoms with Crippen LogP contribution in [0.25, 0.3) is 0 Å². The number of halogens is 2. The number of nitrogens with two attached hydrogens (primary N) is 1. The Bertz CT molecular complexity index is 261. The summed E-state index contributed by atoms with van der Waals surface area (Å²) in [4.78, 5) is 4.18. The summed E-state index contributed by atoms with van der Waals surface area (Å²) in [5.74, 6) is 0. The van der Waals surface area contributed by atoms with Gasteiger partial charge in [-0.1, -0.05) is 6.08 Å². The molecule has 0 saturated heterocycles. The summed E-state index contributed by atoms with van der Waals surface area (Å²) >= 11 is 3.31. The van der Waals surface area contributed by atoms with Crippen molar-refractivity contribution in [2.24, 2.45) is 5.73 Å². The fourth-order valence-corrected chi connectivity index (χ4v) is 1.14. The minimum absolute atomic E-state index is 0. The van der Waals surface area contributed by atoms with Crippen LogP contribution in [0.3, 0.4) is 0 Å². The van der Waals surface area contributed by atoms with E-state index in [0.29, 0.717) is 0 Å². The highest BCUT2D eigenvalue weighted by Gasteiger charge is 2.03. The minimum atomic E-state index is -0.0319. The van der Waals surface area contributed by atoms with Crippen LogP contribution in [0.2, 0.25) is 0 Å². The standard InChI is InChI=1S/C9H11BrN2.ClH/c1-2-3-8(11)9-5-4-7(10)6-12-9;/h2,4-6,8H,1,3,11H2;1H/t8-;/m0./s1. The lowest BCUT2D eigenvalue weighted by Gasteiger charge is -2.07. The molecule has 0 radical (unpaired) electrons. The van der Waals surface area contributed by atoms with Crippen LogP contribution < -0.4 is 5.73 Å². The second-order valence-corrected chi connectivity index (χ2v) is 3.45. The SMILES string of the molecule is C=CC[C@H](N)c1ccc(Br)cn1.Cl. The van der Waals surface area contributed by atoms with E-state index in [2.05, 4.69) is 27.5 Å². The van der Waals surface area contributed by atoms with E-state index < -0.39 is 0 Å². The molecule has 72 valence electrons. The minimum Gasteiger partial charge on any atom is -0.322 e. The zero-order chi connectivity index (χ0) is 8.97. The Kier molecular flexibility index (Phi) is 5.95. The van der Waals surface area contributed by atoms with Crippen LogP contribution in [-0.4, -0.2) is 4.98 Å². The van der Waals surface area contributed by atoms with Crippen molar-refractivity contribution in [3.8, 4) is 0 Å². The van der Waals surface area contributed by atoms with Gasteiger partial charge in [-0.25, -0.2) is 0 Å². The summed E-state index contributed by atoms with van der Waals surface area (Å²) < 4.78 is 0.969. The Morgan fingerprint density at radius 2 is 2.31 bits per heavy atom. The molecule has 4 heteroatoms. The third-order valence-corrected chi connectivity index (χ3v) is 2.02. The van der Waals surface area contributed by atoms with Gasteiger partial charge in [0, 0.05) is 10.7 Å². The molecule has 0 aromatic carbocycles. The third kappa shape index (κ3) is 3.89. The Morgan fingerprint density at radius 3 is 2.77 bits per heavy atom. The molecule has 0 aliphatic rings. The highest BCUT2D eigenvalue weighted by Crippen LogP contribution is 2.14. The topological polar surface area (TPSA) is 38.9 Å². The summed E-state index contributed by atoms with van der Waals surface area (Å²) in [5.41, 5.74) is 6.71. The van der Waals surface area contributed by atoms with E-state index in [1.807, 2.05) is 12.1 Å². The maximum atomic E-state index is 5.81. The van der Waals surface area contributed by atoms with E-state index in [-0.39, 0.29) is 18.4 Å². The molecule has 13 heavy (non-hydrogen) atoms. The summed E-state index contributed by atoms with van der Waals surface area (Å²) in [7, 11) is 0. The Balaban J connectivity index is 0.00000144. The molecule has 0 saturated carbocycles. The largest absolute Gasteiger partial charge is 0.322 e. The zero-order valence-electron chi connectivity index (χ0n) is 7.11. The monoisotopic (exact) mass is 262 g/mol. The highest BCUT2D eigenvalue weighted by molar-refractivity contribution is 9.10. The fraction of sp³-hybridized carbons (Fsp3) is 0.222. The number of hydrogen-bond acceptors (Lipinski definition) is 2. The van der Waals surface area contributed by atoms with E-state index in [0.717, 1.165) is 16.6 Å². The Labute approximate surface area is 92.8 Å². The molecule has 1 aromatic heterocycles. The molecule has 0 unspecified atom stereocenters. The lowest BCUT2D eigenvalue weighted by atomic mass is 10.1. The second-order valence-electron chi connectivity index (χ2n) is 2.53. The maximum absolute atomic E-state index is 5.81. The van der Waals surface area contributed by atoms with Crippen LogP contribution in [0.1, 0.15) is 18.2 Å². The first-order valence-corrected chi connectivity index (χ1v) is 4.51. The molecule has 0 spiro atoms. The molecule has 0 fully saturated rings. The summed E-state index contributed by atoms with van der Waals surface area (Å²) in [5, 5.41) is 0. The van der Waals surface area contributed by atoms with Gasteiger partial charge in [-0.15, -0.1) is 19.0 Å². The van der Waals surface area contributed by atoms with Crippen molar-refractivity contribution in [2.75, 3.05) is 0 Å². The number of hydrogen-bond donors (Lipinski definition) is 1. The van der Waals surface area contributed by atoms with Crippen LogP contribution >= 0.6 is 28.3 Å². The van der Waals surface area contributed by atoms with Gasteiger partial charge in [0.05, 0.1) is 11.7 Å². The first kappa shape index (κ1) is 12.6. The lowest BCUT2D eigenvalue weighted by Crippen LogP contribution is -2.10. The zero-order valence-corrected chi connectivity index (χ0v) is 9.51. The summed E-state index contributed by atoms with van der Waals surface area (Å²) in [6.45, 7) is 3.63. The van der Waals surface area contributed by atoms with Crippen LogP contribution in [-0.2, 0) is 0 Å². The first-order valence-electron chi connectivity index (χ1n) is 3.72. The molecule has 0 amide bonds. The van der Waals surface area contributed by atoms with Crippen molar-refractivity contribution < 1.29 is 0 Å². The van der Waals surface area contributed by atoms with Gasteiger partial charge < -0.3 is 5.73 Å². The molecule has 0 bridgehead atoms. The molecule has 2 nitrogen and oxygen atoms in total. The third-order valence-electron chi connectivity index (χ3n) is 1.55. The average Bonchev–Trinajstić information content (AvgIpc) is 2.06. The van der Waals surface area contributed by atoms with E-state index >= 15 is 0 Å². The van der Waals surface area contributed by atoms with Crippen LogP contribution in [0.4, 0.5) is 0 Å². The number of pyridine rings is 1. The molecule has 1 aromatic rings. The smallest absolute Gasteiger partial charge is 0.0575 e. The molecule has 1 heterocycles. The van der Waals surface area contributed by atoms with Crippen molar-refractivity contribution in [3.05, 3.63) is 41.2 Å². The van der Waals surface area contributed by atoms with Crippen molar-refractivity contribution in [2.45, 2.75) is 12.5 Å². The molecular weight excluding hydrogens is 251 g/mol. The van der Waals surface area contributed by atoms with Crippen LogP contribution in [0, 0.1) is 0 Å². The van der Waals surface area contributed by atoms with Crippen LogP contribution in [0.15, 0.2) is 35.5 Å². The molecular formula is C9H12BrClN2. The van der Waals surface area contributed by atoms with Gasteiger partial charge in [-0.05, 0) is 34.5 Å². The van der Waals surface area contributed by atoms with Gasteiger partial charge in [-0.3, -0.25) is 4.98 Å². The molecule has 0 aliphatic carbocycles. The molecule has 1 rings (SSSR count). The number of rotatable bonds is 3. The lowest BCUT2D eigenvalue weighted by molar-refractivity contribution is 0.713. The molecule has 1 atom stereocenters. The predicted molar refractivity (Wildman–Crippen MR) is 60.9 cm³/mol. The predicted octanol–water partition coefficient (Wildman–Crippen LogP) is 2.84. The summed E-state index contributed by atoms with van der Waals surface area (Å²) in [6.07, 6.45) is 4.31. The molecule has 2 N–H and O–H groups in total. The van der Waals surface area contributed by atoms with Gasteiger partial charge in [0.25, 0.3) is 0 Å². The number of nitrogens with zero attached hydrogens (tertiary/aromatic N) is 1. The van der Waals surface area contributed by atoms with Crippen molar-refractivity contribution >= 4 is 28.3 Å². The van der Waals surface area contributed by atoms with E-state index in [1.165, 1.54) is 0 Å². The van der Waals surface area contributed by atoms with Crippen molar-refractivity contribution in [3.63, 3.8) is 0 Å². The van der Waals surface area contributed by atoms with Crippen molar-refractivity contribution in [1.29, 1.82) is 0 Å². The van der Waals surface area contributed by atoms with Crippen LogP contribution in [0.5, 0.6) is 0 Å². The second kappa shape index (κ2) is 6.13. The highest BCUT2D eigenvalue weighted by atomic mass is 79.9. The number of aromatic nitrogens is 1. The van der Waals surface area contributed by atoms with Gasteiger partial charge in [0.2, 0.25) is 0 Å². The average molecular weight is 264 g/mol. The van der Waals surface area contributed by atoms with Gasteiger partial charge in [0.15, 0.2) is 0 Å². The normalized spacial score (nSPS) is 11.5. The maximum Gasteiger partial charge on any atom is 0.0575 e. The first-order chi connectivity index (χ1) is 5.74. The van der Waals surface area contributed by atoms with Gasteiger partial charge >= 0.3 is 0 Å². The van der Waals surface area contributed by atoms with E-state index in [9.17, 15) is 0 Å². The Hall–Kier alpha value is -0.380. The fourth-order valence-electron chi connectivity index (χ4n) is 0.907. The van der Waals surface area contributed by atoms with Gasteiger partial charge in [-0.2, -0.15) is 0 Å². The van der Waals surface area contributed by atoms with E-state index in [4.69, 9.17) is 5.73 Å².